The number of anilines is 1. The highest BCUT2D eigenvalue weighted by molar-refractivity contribution is 5.29. The van der Waals surface area contributed by atoms with E-state index in [0.717, 1.165) is 24.1 Å². The predicted molar refractivity (Wildman–Crippen MR) is 74.0 cm³/mol. The van der Waals surface area contributed by atoms with Gasteiger partial charge in [0.05, 0.1) is 18.3 Å². The van der Waals surface area contributed by atoms with Crippen LogP contribution in [0.5, 0.6) is 0 Å². The molecule has 1 atom stereocenters. The van der Waals surface area contributed by atoms with Gasteiger partial charge in [0.2, 0.25) is 5.95 Å². The summed E-state index contributed by atoms with van der Waals surface area (Å²) in [6.07, 6.45) is 7.58. The molecule has 0 spiro atoms. The number of hydrogen-bond donors (Lipinski definition) is 1. The number of ether oxygens (including phenoxy) is 1. The van der Waals surface area contributed by atoms with Crippen LogP contribution in [0.15, 0.2) is 6.20 Å². The molecular weight excluding hydrogens is 226 g/mol. The Hall–Kier alpha value is -1.03. The highest BCUT2D eigenvalue weighted by Crippen LogP contribution is 2.33. The first kappa shape index (κ1) is 13.4. The van der Waals surface area contributed by atoms with E-state index in [9.17, 15) is 0 Å². The highest BCUT2D eigenvalue weighted by Gasteiger charge is 2.20. The fraction of sp³-hybridized carbons (Fsp3) is 0.786. The second-order valence-electron chi connectivity index (χ2n) is 5.43. The maximum Gasteiger partial charge on any atom is 0.203 e. The van der Waals surface area contributed by atoms with Crippen LogP contribution in [-0.4, -0.2) is 29.8 Å². The Labute approximate surface area is 110 Å². The molecule has 0 aromatic carbocycles. The SMILES string of the molecule is COCC(C)n1cc(C)nc1NCCCC1CC1. The van der Waals surface area contributed by atoms with Gasteiger partial charge < -0.3 is 14.6 Å². The minimum Gasteiger partial charge on any atom is -0.383 e. The average molecular weight is 251 g/mol. The lowest BCUT2D eigenvalue weighted by Crippen LogP contribution is -2.15. The molecule has 2 rings (SSSR count). The molecule has 18 heavy (non-hydrogen) atoms. The van der Waals surface area contributed by atoms with Crippen molar-refractivity contribution >= 4 is 5.95 Å². The van der Waals surface area contributed by atoms with Gasteiger partial charge >= 0.3 is 0 Å². The van der Waals surface area contributed by atoms with Crippen LogP contribution in [0, 0.1) is 12.8 Å². The first-order chi connectivity index (χ1) is 8.70. The van der Waals surface area contributed by atoms with E-state index in [1.807, 2.05) is 6.92 Å². The standard InChI is InChI=1S/C14H25N3O/c1-11-9-17(12(2)10-18-3)14(16-11)15-8-4-5-13-6-7-13/h9,12-13H,4-8,10H2,1-3H3,(H,15,16). The maximum absolute atomic E-state index is 5.21. The van der Waals surface area contributed by atoms with Crippen LogP contribution in [0.4, 0.5) is 5.95 Å². The molecule has 4 nitrogen and oxygen atoms in total. The van der Waals surface area contributed by atoms with Crippen molar-refractivity contribution in [1.29, 1.82) is 0 Å². The van der Waals surface area contributed by atoms with Crippen LogP contribution in [0.3, 0.4) is 0 Å². The summed E-state index contributed by atoms with van der Waals surface area (Å²) in [6, 6.07) is 0.321. The van der Waals surface area contributed by atoms with Crippen molar-refractivity contribution in [2.75, 3.05) is 25.6 Å². The largest absolute Gasteiger partial charge is 0.383 e. The number of nitrogens with zero attached hydrogens (tertiary/aromatic N) is 2. The minimum atomic E-state index is 0.321. The van der Waals surface area contributed by atoms with Crippen molar-refractivity contribution in [2.24, 2.45) is 5.92 Å². The van der Waals surface area contributed by atoms with Gasteiger partial charge in [-0.3, -0.25) is 0 Å². The van der Waals surface area contributed by atoms with Gasteiger partial charge in [0.1, 0.15) is 0 Å². The molecule has 1 heterocycles. The van der Waals surface area contributed by atoms with Gasteiger partial charge in [-0.2, -0.15) is 0 Å². The van der Waals surface area contributed by atoms with E-state index in [-0.39, 0.29) is 0 Å². The molecule has 1 aromatic heterocycles. The normalized spacial score (nSPS) is 16.8. The number of methoxy groups -OCH3 is 1. The van der Waals surface area contributed by atoms with Crippen LogP contribution < -0.4 is 5.32 Å². The quantitative estimate of drug-likeness (QED) is 0.722. The molecule has 0 aliphatic heterocycles. The Morgan fingerprint density at radius 2 is 2.33 bits per heavy atom. The Morgan fingerprint density at radius 3 is 3.00 bits per heavy atom. The van der Waals surface area contributed by atoms with E-state index in [2.05, 4.69) is 28.0 Å². The smallest absolute Gasteiger partial charge is 0.203 e. The van der Waals surface area contributed by atoms with Crippen molar-refractivity contribution in [2.45, 2.75) is 45.6 Å². The van der Waals surface area contributed by atoms with E-state index >= 15 is 0 Å². The first-order valence-electron chi connectivity index (χ1n) is 6.99. The molecule has 4 heteroatoms. The lowest BCUT2D eigenvalue weighted by Gasteiger charge is -2.16. The summed E-state index contributed by atoms with van der Waals surface area (Å²) < 4.78 is 7.39. The molecule has 1 saturated carbocycles. The third-order valence-electron chi connectivity index (χ3n) is 3.50. The van der Waals surface area contributed by atoms with Gasteiger partial charge in [0.25, 0.3) is 0 Å². The van der Waals surface area contributed by atoms with Gasteiger partial charge in [-0.1, -0.05) is 12.8 Å². The minimum absolute atomic E-state index is 0.321. The van der Waals surface area contributed by atoms with E-state index in [4.69, 9.17) is 4.74 Å². The van der Waals surface area contributed by atoms with Crippen molar-refractivity contribution in [3.63, 3.8) is 0 Å². The lowest BCUT2D eigenvalue weighted by molar-refractivity contribution is 0.163. The van der Waals surface area contributed by atoms with Crippen molar-refractivity contribution < 1.29 is 4.74 Å². The molecule has 0 saturated heterocycles. The number of imidazole rings is 1. The second-order valence-corrected chi connectivity index (χ2v) is 5.43. The third-order valence-corrected chi connectivity index (χ3v) is 3.50. The van der Waals surface area contributed by atoms with Crippen LogP contribution in [0.2, 0.25) is 0 Å². The Balaban J connectivity index is 1.84. The number of nitrogens with one attached hydrogen (secondary N) is 1. The Kier molecular flexibility index (Phi) is 4.64. The summed E-state index contributed by atoms with van der Waals surface area (Å²) in [4.78, 5) is 4.54. The first-order valence-corrected chi connectivity index (χ1v) is 6.99. The van der Waals surface area contributed by atoms with E-state index in [1.165, 1.54) is 25.7 Å². The summed E-state index contributed by atoms with van der Waals surface area (Å²) in [7, 11) is 1.74. The molecule has 1 unspecified atom stereocenters. The van der Waals surface area contributed by atoms with Crippen LogP contribution in [0.1, 0.15) is 44.3 Å². The van der Waals surface area contributed by atoms with Crippen LogP contribution >= 0.6 is 0 Å². The number of hydrogen-bond acceptors (Lipinski definition) is 3. The second kappa shape index (κ2) is 6.23. The van der Waals surface area contributed by atoms with E-state index < -0.39 is 0 Å². The van der Waals surface area contributed by atoms with Gasteiger partial charge in [-0.15, -0.1) is 0 Å². The lowest BCUT2D eigenvalue weighted by atomic mass is 10.2. The average Bonchev–Trinajstić information content (AvgIpc) is 3.08. The molecule has 1 aromatic rings. The monoisotopic (exact) mass is 251 g/mol. The highest BCUT2D eigenvalue weighted by atomic mass is 16.5. The molecule has 1 aliphatic rings. The van der Waals surface area contributed by atoms with Crippen molar-refractivity contribution in [3.8, 4) is 0 Å². The number of aromatic nitrogens is 2. The fourth-order valence-electron chi connectivity index (χ4n) is 2.30. The van der Waals surface area contributed by atoms with Gasteiger partial charge in [0, 0.05) is 19.9 Å². The zero-order valence-corrected chi connectivity index (χ0v) is 11.8. The summed E-state index contributed by atoms with van der Waals surface area (Å²) in [5.74, 6) is 1.99. The topological polar surface area (TPSA) is 39.1 Å². The summed E-state index contributed by atoms with van der Waals surface area (Å²) >= 11 is 0. The van der Waals surface area contributed by atoms with E-state index in [1.54, 1.807) is 7.11 Å². The summed E-state index contributed by atoms with van der Waals surface area (Å²) in [5, 5.41) is 3.45. The van der Waals surface area contributed by atoms with Crippen molar-refractivity contribution in [1.82, 2.24) is 9.55 Å². The van der Waals surface area contributed by atoms with Gasteiger partial charge in [-0.05, 0) is 32.6 Å². The van der Waals surface area contributed by atoms with E-state index in [0.29, 0.717) is 12.6 Å². The summed E-state index contributed by atoms with van der Waals surface area (Å²) in [5.41, 5.74) is 1.06. The zero-order valence-electron chi connectivity index (χ0n) is 11.8. The molecule has 0 radical (unpaired) electrons. The number of aryl methyl sites for hydroxylation is 1. The maximum atomic E-state index is 5.21. The van der Waals surface area contributed by atoms with Crippen LogP contribution in [0.25, 0.3) is 0 Å². The molecular formula is C14H25N3O. The Bertz CT molecular complexity index is 371. The molecule has 1 aliphatic carbocycles. The fourth-order valence-corrected chi connectivity index (χ4v) is 2.30. The van der Waals surface area contributed by atoms with Gasteiger partial charge in [-0.25, -0.2) is 4.98 Å². The zero-order chi connectivity index (χ0) is 13.0. The van der Waals surface area contributed by atoms with Crippen molar-refractivity contribution in [3.05, 3.63) is 11.9 Å². The number of rotatable bonds is 8. The molecule has 1 N–H and O–H groups in total. The molecule has 0 bridgehead atoms. The third kappa shape index (κ3) is 3.73. The predicted octanol–water partition coefficient (Wildman–Crippen LogP) is 3.00. The van der Waals surface area contributed by atoms with Crippen LogP contribution in [-0.2, 0) is 4.74 Å². The molecule has 102 valence electrons. The van der Waals surface area contributed by atoms with Gasteiger partial charge in [0.15, 0.2) is 0 Å². The summed E-state index contributed by atoms with van der Waals surface area (Å²) in [6.45, 7) is 5.92. The molecule has 1 fully saturated rings. The Morgan fingerprint density at radius 1 is 1.56 bits per heavy atom. The molecule has 0 amide bonds.